The van der Waals surface area contributed by atoms with Crippen molar-refractivity contribution < 1.29 is 4.79 Å². The molecule has 1 aromatic carbocycles. The molecule has 2 aromatic rings. The molecule has 2 rings (SSSR count). The van der Waals surface area contributed by atoms with Crippen molar-refractivity contribution in [2.24, 2.45) is 0 Å². The lowest BCUT2D eigenvalue weighted by Crippen LogP contribution is -2.16. The molecule has 1 aromatic heterocycles. The topological polar surface area (TPSA) is 67.8 Å². The van der Waals surface area contributed by atoms with E-state index in [2.05, 4.69) is 26.1 Å². The summed E-state index contributed by atoms with van der Waals surface area (Å²) >= 11 is 4.68. The highest BCUT2D eigenvalue weighted by atomic mass is 79.9. The highest BCUT2D eigenvalue weighted by Gasteiger charge is 2.13. The Labute approximate surface area is 122 Å². The Morgan fingerprint density at radius 1 is 1.53 bits per heavy atom. The first kappa shape index (κ1) is 14.1. The second-order valence-corrected chi connectivity index (χ2v) is 5.78. The summed E-state index contributed by atoms with van der Waals surface area (Å²) in [5.74, 6) is -0.0177. The maximum absolute atomic E-state index is 11.6. The molecule has 0 radical (unpaired) electrons. The number of nitrogens with zero attached hydrogens (tertiary/aromatic N) is 2. The van der Waals surface area contributed by atoms with Crippen LogP contribution in [0.2, 0.25) is 0 Å². The lowest BCUT2D eigenvalue weighted by molar-refractivity contribution is 0.101. The fourth-order valence-corrected chi connectivity index (χ4v) is 3.26. The summed E-state index contributed by atoms with van der Waals surface area (Å²) in [5, 5.41) is 6.93. The third kappa shape index (κ3) is 2.98. The molecule has 7 heteroatoms. The standard InChI is InChI=1S/C12H12BrN3O2S/c1-3-16-11(18)14-15-12(16)19-10-6-8(13)4-5-9(10)7(2)17/h4-6H,3H2,1-2H3,(H,14,18). The highest BCUT2D eigenvalue weighted by molar-refractivity contribution is 9.10. The van der Waals surface area contributed by atoms with Gasteiger partial charge in [0.15, 0.2) is 10.9 Å². The van der Waals surface area contributed by atoms with Crippen LogP contribution in [0.1, 0.15) is 24.2 Å². The summed E-state index contributed by atoms with van der Waals surface area (Å²) in [5.41, 5.74) is 0.371. The number of carbonyl (C=O) groups is 1. The van der Waals surface area contributed by atoms with E-state index in [0.29, 0.717) is 17.3 Å². The van der Waals surface area contributed by atoms with Crippen molar-refractivity contribution in [3.05, 3.63) is 38.7 Å². The zero-order valence-corrected chi connectivity index (χ0v) is 12.8. The van der Waals surface area contributed by atoms with Gasteiger partial charge in [-0.25, -0.2) is 9.89 Å². The first-order chi connectivity index (χ1) is 9.02. The Balaban J connectivity index is 2.45. The quantitative estimate of drug-likeness (QED) is 0.868. The summed E-state index contributed by atoms with van der Waals surface area (Å²) in [6, 6.07) is 5.43. The third-order valence-electron chi connectivity index (χ3n) is 2.56. The summed E-state index contributed by atoms with van der Waals surface area (Å²) in [6.07, 6.45) is 0. The normalized spacial score (nSPS) is 10.7. The molecule has 0 aliphatic carbocycles. The van der Waals surface area contributed by atoms with Crippen molar-refractivity contribution in [1.29, 1.82) is 0 Å². The number of rotatable bonds is 4. The summed E-state index contributed by atoms with van der Waals surface area (Å²) < 4.78 is 2.40. The molecule has 0 aliphatic rings. The van der Waals surface area contributed by atoms with Gasteiger partial charge in [0.2, 0.25) is 0 Å². The van der Waals surface area contributed by atoms with E-state index in [1.54, 1.807) is 6.07 Å². The zero-order chi connectivity index (χ0) is 14.0. The van der Waals surface area contributed by atoms with Crippen molar-refractivity contribution in [1.82, 2.24) is 14.8 Å². The van der Waals surface area contributed by atoms with Crippen LogP contribution in [0.4, 0.5) is 0 Å². The Hall–Kier alpha value is -1.34. The van der Waals surface area contributed by atoms with E-state index in [1.807, 2.05) is 19.1 Å². The predicted molar refractivity (Wildman–Crippen MR) is 76.8 cm³/mol. The monoisotopic (exact) mass is 341 g/mol. The number of Topliss-reactive ketones (excluding diaryl/α,β-unsaturated/α-hetero) is 1. The zero-order valence-electron chi connectivity index (χ0n) is 10.4. The number of H-pyrrole nitrogens is 1. The van der Waals surface area contributed by atoms with Gasteiger partial charge in [-0.15, -0.1) is 5.10 Å². The van der Waals surface area contributed by atoms with Crippen LogP contribution in [0.5, 0.6) is 0 Å². The van der Waals surface area contributed by atoms with E-state index in [9.17, 15) is 9.59 Å². The van der Waals surface area contributed by atoms with Crippen LogP contribution < -0.4 is 5.69 Å². The van der Waals surface area contributed by atoms with Crippen molar-refractivity contribution in [2.75, 3.05) is 0 Å². The van der Waals surface area contributed by atoms with Gasteiger partial charge in [-0.1, -0.05) is 15.9 Å². The molecule has 0 aliphatic heterocycles. The van der Waals surface area contributed by atoms with Gasteiger partial charge in [-0.2, -0.15) is 0 Å². The summed E-state index contributed by atoms with van der Waals surface area (Å²) in [7, 11) is 0. The molecule has 0 saturated heterocycles. The molecule has 100 valence electrons. The molecule has 0 atom stereocenters. The van der Waals surface area contributed by atoms with Gasteiger partial charge in [-0.3, -0.25) is 9.36 Å². The number of halogens is 1. The molecule has 0 amide bonds. The van der Waals surface area contributed by atoms with Crippen LogP contribution in [0, 0.1) is 0 Å². The Morgan fingerprint density at radius 2 is 2.26 bits per heavy atom. The Bertz CT molecular complexity index is 678. The third-order valence-corrected chi connectivity index (χ3v) is 4.11. The van der Waals surface area contributed by atoms with Gasteiger partial charge >= 0.3 is 5.69 Å². The maximum atomic E-state index is 11.6. The van der Waals surface area contributed by atoms with Crippen molar-refractivity contribution in [2.45, 2.75) is 30.4 Å². The van der Waals surface area contributed by atoms with E-state index >= 15 is 0 Å². The average Bonchev–Trinajstić information content (AvgIpc) is 2.69. The molecule has 0 spiro atoms. The van der Waals surface area contributed by atoms with Crippen molar-refractivity contribution in [3.63, 3.8) is 0 Å². The van der Waals surface area contributed by atoms with Gasteiger partial charge < -0.3 is 0 Å². The highest BCUT2D eigenvalue weighted by Crippen LogP contribution is 2.31. The summed E-state index contributed by atoms with van der Waals surface area (Å²) in [4.78, 5) is 23.9. The Morgan fingerprint density at radius 3 is 2.89 bits per heavy atom. The minimum atomic E-state index is -0.246. The lowest BCUT2D eigenvalue weighted by atomic mass is 10.1. The molecule has 0 fully saturated rings. The molecule has 0 saturated carbocycles. The number of hydrogen-bond donors (Lipinski definition) is 1. The van der Waals surface area contributed by atoms with Crippen LogP contribution in [0.25, 0.3) is 0 Å². The van der Waals surface area contributed by atoms with E-state index in [0.717, 1.165) is 9.37 Å². The molecule has 0 unspecified atom stereocenters. The Kier molecular flexibility index (Phi) is 4.26. The molecular formula is C12H12BrN3O2S. The SMILES string of the molecule is CCn1c(Sc2cc(Br)ccc2C(C)=O)n[nH]c1=O. The van der Waals surface area contributed by atoms with Gasteiger partial charge in [0.25, 0.3) is 0 Å². The van der Waals surface area contributed by atoms with E-state index < -0.39 is 0 Å². The fraction of sp³-hybridized carbons (Fsp3) is 0.250. The van der Waals surface area contributed by atoms with Gasteiger partial charge in [-0.05, 0) is 43.8 Å². The average molecular weight is 342 g/mol. The lowest BCUT2D eigenvalue weighted by Gasteiger charge is -2.07. The van der Waals surface area contributed by atoms with Crippen molar-refractivity contribution >= 4 is 33.5 Å². The minimum Gasteiger partial charge on any atom is -0.294 e. The van der Waals surface area contributed by atoms with Crippen LogP contribution in [-0.4, -0.2) is 20.5 Å². The van der Waals surface area contributed by atoms with Crippen LogP contribution in [0.3, 0.4) is 0 Å². The first-order valence-electron chi connectivity index (χ1n) is 5.66. The van der Waals surface area contributed by atoms with Crippen molar-refractivity contribution in [3.8, 4) is 0 Å². The predicted octanol–water partition coefficient (Wildman–Crippen LogP) is 2.71. The van der Waals surface area contributed by atoms with Crippen LogP contribution in [0.15, 0.2) is 37.5 Å². The molecule has 1 heterocycles. The molecule has 19 heavy (non-hydrogen) atoms. The molecule has 1 N–H and O–H groups in total. The number of ketones is 1. The number of hydrogen-bond acceptors (Lipinski definition) is 4. The number of nitrogens with one attached hydrogen (secondary N) is 1. The molecule has 0 bridgehead atoms. The van der Waals surface area contributed by atoms with Crippen LogP contribution in [-0.2, 0) is 6.54 Å². The molecule has 5 nitrogen and oxygen atoms in total. The maximum Gasteiger partial charge on any atom is 0.343 e. The minimum absolute atomic E-state index is 0.0177. The number of aromatic amines is 1. The second-order valence-electron chi connectivity index (χ2n) is 3.85. The smallest absolute Gasteiger partial charge is 0.294 e. The van der Waals surface area contributed by atoms with Gasteiger partial charge in [0.05, 0.1) is 0 Å². The van der Waals surface area contributed by atoms with Gasteiger partial charge in [0, 0.05) is 21.5 Å². The van der Waals surface area contributed by atoms with E-state index in [4.69, 9.17) is 0 Å². The van der Waals surface area contributed by atoms with E-state index in [-0.39, 0.29) is 11.5 Å². The number of carbonyl (C=O) groups excluding carboxylic acids is 1. The largest absolute Gasteiger partial charge is 0.343 e. The fourth-order valence-electron chi connectivity index (χ4n) is 1.63. The number of aromatic nitrogens is 3. The van der Waals surface area contributed by atoms with Crippen LogP contribution >= 0.6 is 27.7 Å². The van der Waals surface area contributed by atoms with Gasteiger partial charge in [0.1, 0.15) is 0 Å². The number of benzene rings is 1. The van der Waals surface area contributed by atoms with E-state index in [1.165, 1.54) is 23.3 Å². The first-order valence-corrected chi connectivity index (χ1v) is 7.27. The summed E-state index contributed by atoms with van der Waals surface area (Å²) in [6.45, 7) is 3.92. The molecular weight excluding hydrogens is 330 g/mol. The second kappa shape index (κ2) is 5.75.